The van der Waals surface area contributed by atoms with E-state index in [1.807, 2.05) is 13.8 Å². The predicted molar refractivity (Wildman–Crippen MR) is 130 cm³/mol. The Morgan fingerprint density at radius 1 is 1.14 bits per heavy atom. The van der Waals surface area contributed by atoms with Crippen LogP contribution in [0.3, 0.4) is 0 Å². The van der Waals surface area contributed by atoms with Crippen LogP contribution in [0.4, 0.5) is 4.39 Å². The van der Waals surface area contributed by atoms with Crippen molar-refractivity contribution in [1.82, 2.24) is 15.5 Å². The number of benzene rings is 1. The molecule has 1 aliphatic heterocycles. The van der Waals surface area contributed by atoms with Crippen LogP contribution < -0.4 is 22.1 Å². The minimum Gasteiger partial charge on any atom is -0.370 e. The Bertz CT molecular complexity index is 920. The molecule has 3 unspecified atom stereocenters. The van der Waals surface area contributed by atoms with E-state index < -0.39 is 36.5 Å². The number of nitrogens with zero attached hydrogens (tertiary/aromatic N) is 2. The molecule has 6 N–H and O–H groups in total. The van der Waals surface area contributed by atoms with Gasteiger partial charge in [-0.25, -0.2) is 4.39 Å². The average Bonchev–Trinajstić information content (AvgIpc) is 3.33. The molecule has 0 bridgehead atoms. The molecular weight excluding hydrogens is 455 g/mol. The number of carbonyl (C=O) groups is 4. The molecule has 3 atom stereocenters. The monoisotopic (exact) mass is 490 g/mol. The highest BCUT2D eigenvalue weighted by molar-refractivity contribution is 5.99. The Morgan fingerprint density at radius 3 is 2.43 bits per heavy atom. The van der Waals surface area contributed by atoms with Crippen LogP contribution in [-0.2, 0) is 14.4 Å². The Morgan fingerprint density at radius 2 is 1.83 bits per heavy atom. The maximum Gasteiger partial charge on any atom is 0.251 e. The van der Waals surface area contributed by atoms with Crippen LogP contribution in [0.5, 0.6) is 0 Å². The standard InChI is InChI=1S/C24H35FN6O4/c1-15(2)20(30-21(33)16-8-4-3-5-9-16)23(35)31-13-7-11-18(31)22(34)29-17(19(32)14-25)10-6-12-28-24(26)27/h3-5,8-9,15,17-18,20H,6-7,10-14H2,1-2H3,(H,29,34)(H,30,33)(H4,26,27,28). The van der Waals surface area contributed by atoms with Crippen molar-refractivity contribution >= 4 is 29.5 Å². The van der Waals surface area contributed by atoms with E-state index in [0.29, 0.717) is 31.4 Å². The Kier molecular flexibility index (Phi) is 10.6. The third-order valence-electron chi connectivity index (χ3n) is 5.88. The molecular formula is C24H35FN6O4. The number of nitrogens with two attached hydrogens (primary N) is 2. The van der Waals surface area contributed by atoms with Gasteiger partial charge >= 0.3 is 0 Å². The zero-order chi connectivity index (χ0) is 26.0. The molecule has 3 amide bonds. The fourth-order valence-electron chi connectivity index (χ4n) is 3.99. The van der Waals surface area contributed by atoms with Gasteiger partial charge in [0, 0.05) is 18.7 Å². The second-order valence-electron chi connectivity index (χ2n) is 8.86. The van der Waals surface area contributed by atoms with E-state index in [9.17, 15) is 23.6 Å². The third kappa shape index (κ3) is 8.04. The molecule has 0 aliphatic carbocycles. The van der Waals surface area contributed by atoms with Gasteiger partial charge in [0.25, 0.3) is 5.91 Å². The first kappa shape index (κ1) is 27.7. The predicted octanol–water partition coefficient (Wildman–Crippen LogP) is 0.509. The molecule has 35 heavy (non-hydrogen) atoms. The second-order valence-corrected chi connectivity index (χ2v) is 8.86. The number of ketones is 1. The summed E-state index contributed by atoms with van der Waals surface area (Å²) in [6, 6.07) is 5.86. The molecule has 0 saturated carbocycles. The van der Waals surface area contributed by atoms with Gasteiger partial charge in [-0.3, -0.25) is 24.2 Å². The molecule has 192 valence electrons. The lowest BCUT2D eigenvalue weighted by Crippen LogP contribution is -2.56. The van der Waals surface area contributed by atoms with Crippen molar-refractivity contribution in [2.24, 2.45) is 22.4 Å². The first-order valence-electron chi connectivity index (χ1n) is 11.8. The molecule has 2 rings (SSSR count). The van der Waals surface area contributed by atoms with Crippen molar-refractivity contribution in [3.05, 3.63) is 35.9 Å². The molecule has 0 radical (unpaired) electrons. The summed E-state index contributed by atoms with van der Waals surface area (Å²) in [5.74, 6) is -2.36. The van der Waals surface area contributed by atoms with E-state index in [4.69, 9.17) is 11.5 Å². The normalized spacial score (nSPS) is 16.9. The summed E-state index contributed by atoms with van der Waals surface area (Å²) < 4.78 is 13.1. The summed E-state index contributed by atoms with van der Waals surface area (Å²) >= 11 is 0. The largest absolute Gasteiger partial charge is 0.370 e. The molecule has 11 heteroatoms. The van der Waals surface area contributed by atoms with Gasteiger partial charge in [0.05, 0.1) is 6.04 Å². The lowest BCUT2D eigenvalue weighted by Gasteiger charge is -2.31. The summed E-state index contributed by atoms with van der Waals surface area (Å²) in [5.41, 5.74) is 11.0. The van der Waals surface area contributed by atoms with Crippen LogP contribution in [-0.4, -0.2) is 72.3 Å². The first-order valence-corrected chi connectivity index (χ1v) is 11.8. The van der Waals surface area contributed by atoms with Gasteiger partial charge in [-0.2, -0.15) is 0 Å². The molecule has 1 saturated heterocycles. The topological polar surface area (TPSA) is 160 Å². The van der Waals surface area contributed by atoms with Gasteiger partial charge in [-0.05, 0) is 43.7 Å². The van der Waals surface area contributed by atoms with Crippen LogP contribution in [0.25, 0.3) is 0 Å². The molecule has 1 aromatic carbocycles. The van der Waals surface area contributed by atoms with Crippen LogP contribution in [0, 0.1) is 5.92 Å². The Hall–Kier alpha value is -3.50. The lowest BCUT2D eigenvalue weighted by atomic mass is 10.0. The van der Waals surface area contributed by atoms with E-state index in [0.717, 1.165) is 0 Å². The quantitative estimate of drug-likeness (QED) is 0.190. The lowest BCUT2D eigenvalue weighted by molar-refractivity contribution is -0.141. The van der Waals surface area contributed by atoms with Crippen molar-refractivity contribution in [3.8, 4) is 0 Å². The third-order valence-corrected chi connectivity index (χ3v) is 5.88. The van der Waals surface area contributed by atoms with Crippen molar-refractivity contribution in [2.75, 3.05) is 19.8 Å². The number of likely N-dealkylation sites (tertiary alicyclic amines) is 1. The molecule has 1 aliphatic rings. The van der Waals surface area contributed by atoms with E-state index >= 15 is 0 Å². The number of hydrogen-bond acceptors (Lipinski definition) is 5. The summed E-state index contributed by atoms with van der Waals surface area (Å²) in [6.45, 7) is 2.98. The number of carbonyl (C=O) groups excluding carboxylic acids is 4. The maximum atomic E-state index is 13.4. The summed E-state index contributed by atoms with van der Waals surface area (Å²) in [4.78, 5) is 56.4. The molecule has 1 fully saturated rings. The second kappa shape index (κ2) is 13.4. The van der Waals surface area contributed by atoms with E-state index in [1.54, 1.807) is 30.3 Å². The number of nitrogens with one attached hydrogen (secondary N) is 2. The van der Waals surface area contributed by atoms with Gasteiger partial charge in [-0.1, -0.05) is 32.0 Å². The van der Waals surface area contributed by atoms with Crippen molar-refractivity contribution in [3.63, 3.8) is 0 Å². The van der Waals surface area contributed by atoms with Crippen molar-refractivity contribution < 1.29 is 23.6 Å². The summed E-state index contributed by atoms with van der Waals surface area (Å²) in [5, 5.41) is 5.38. The number of rotatable bonds is 12. The number of Topliss-reactive ketones (excluding diaryl/α,β-unsaturated/α-hetero) is 1. The van der Waals surface area contributed by atoms with Crippen molar-refractivity contribution in [2.45, 2.75) is 57.7 Å². The van der Waals surface area contributed by atoms with E-state index in [1.165, 1.54) is 4.90 Å². The van der Waals surface area contributed by atoms with Crippen LogP contribution in [0.1, 0.15) is 49.9 Å². The van der Waals surface area contributed by atoms with Gasteiger partial charge < -0.3 is 27.0 Å². The van der Waals surface area contributed by atoms with E-state index in [-0.39, 0.29) is 36.7 Å². The van der Waals surface area contributed by atoms with Crippen LogP contribution >= 0.6 is 0 Å². The number of amides is 3. The Labute approximate surface area is 204 Å². The molecule has 0 spiro atoms. The summed E-state index contributed by atoms with van der Waals surface area (Å²) in [7, 11) is 0. The summed E-state index contributed by atoms with van der Waals surface area (Å²) in [6.07, 6.45) is 1.52. The van der Waals surface area contributed by atoms with Gasteiger partial charge in [0.1, 0.15) is 18.8 Å². The molecule has 10 nitrogen and oxygen atoms in total. The van der Waals surface area contributed by atoms with Gasteiger partial charge in [-0.15, -0.1) is 0 Å². The fraction of sp³-hybridized carbons (Fsp3) is 0.542. The van der Waals surface area contributed by atoms with Crippen LogP contribution in [0.15, 0.2) is 35.3 Å². The minimum atomic E-state index is -1.22. The first-order chi connectivity index (χ1) is 16.6. The van der Waals surface area contributed by atoms with Crippen LogP contribution in [0.2, 0.25) is 0 Å². The molecule has 0 aromatic heterocycles. The number of hydrogen-bond donors (Lipinski definition) is 4. The SMILES string of the molecule is CC(C)C(NC(=O)c1ccccc1)C(=O)N1CCCC1C(=O)NC(CCCN=C(N)N)C(=O)CF. The Balaban J connectivity index is 2.08. The van der Waals surface area contributed by atoms with E-state index in [2.05, 4.69) is 15.6 Å². The highest BCUT2D eigenvalue weighted by atomic mass is 19.1. The molecule has 1 aromatic rings. The average molecular weight is 491 g/mol. The number of halogens is 1. The highest BCUT2D eigenvalue weighted by Crippen LogP contribution is 2.21. The highest BCUT2D eigenvalue weighted by Gasteiger charge is 2.39. The maximum absolute atomic E-state index is 13.4. The zero-order valence-corrected chi connectivity index (χ0v) is 20.2. The smallest absolute Gasteiger partial charge is 0.251 e. The number of alkyl halides is 1. The van der Waals surface area contributed by atoms with Gasteiger partial charge in [0.15, 0.2) is 11.7 Å². The fourth-order valence-corrected chi connectivity index (χ4v) is 3.99. The zero-order valence-electron chi connectivity index (χ0n) is 20.2. The van der Waals surface area contributed by atoms with Crippen molar-refractivity contribution in [1.29, 1.82) is 0 Å². The number of guanidine groups is 1. The van der Waals surface area contributed by atoms with Gasteiger partial charge in [0.2, 0.25) is 11.8 Å². The minimum absolute atomic E-state index is 0.0958. The number of aliphatic imine (C=N–C) groups is 1. The molecule has 1 heterocycles.